The first-order valence-corrected chi connectivity index (χ1v) is 4.11. The molecule has 4 nitrogen and oxygen atoms in total. The number of hydrogen-bond acceptors (Lipinski definition) is 4. The Morgan fingerprint density at radius 2 is 2.36 bits per heavy atom. The van der Waals surface area contributed by atoms with E-state index in [0.29, 0.717) is 5.82 Å². The highest BCUT2D eigenvalue weighted by Crippen LogP contribution is 2.10. The van der Waals surface area contributed by atoms with Gasteiger partial charge in [-0.25, -0.2) is 9.78 Å². The number of hydrogen-bond donors (Lipinski definition) is 1. The van der Waals surface area contributed by atoms with Crippen molar-refractivity contribution in [3.05, 3.63) is 29.5 Å². The molecule has 0 atom stereocenters. The highest BCUT2D eigenvalue weighted by atomic mass is 16.5. The van der Waals surface area contributed by atoms with Gasteiger partial charge in [-0.1, -0.05) is 0 Å². The van der Waals surface area contributed by atoms with Crippen molar-refractivity contribution in [1.29, 1.82) is 0 Å². The zero-order chi connectivity index (χ0) is 10.6. The van der Waals surface area contributed by atoms with Crippen LogP contribution in [0.15, 0.2) is 18.3 Å². The van der Waals surface area contributed by atoms with E-state index in [9.17, 15) is 4.79 Å². The molecule has 4 heteroatoms. The lowest BCUT2D eigenvalue weighted by Crippen LogP contribution is -1.95. The van der Waals surface area contributed by atoms with Gasteiger partial charge in [0.25, 0.3) is 0 Å². The first kappa shape index (κ1) is 10.2. The summed E-state index contributed by atoms with van der Waals surface area (Å²) in [6.45, 7) is 1.86. The quantitative estimate of drug-likeness (QED) is 0.564. The number of aryl methyl sites for hydroxylation is 1. The van der Waals surface area contributed by atoms with Crippen LogP contribution >= 0.6 is 0 Å². The largest absolute Gasteiger partial charge is 0.466 e. The van der Waals surface area contributed by atoms with Crippen LogP contribution in [0.25, 0.3) is 6.08 Å². The van der Waals surface area contributed by atoms with E-state index in [4.69, 9.17) is 5.73 Å². The predicted octanol–water partition coefficient (Wildman–Crippen LogP) is 1.16. The van der Waals surface area contributed by atoms with Crippen LogP contribution in [-0.2, 0) is 9.53 Å². The van der Waals surface area contributed by atoms with Crippen molar-refractivity contribution in [1.82, 2.24) is 4.98 Å². The molecule has 1 aromatic heterocycles. The number of nitrogens with two attached hydrogens (primary N) is 1. The van der Waals surface area contributed by atoms with Crippen LogP contribution in [0.3, 0.4) is 0 Å². The van der Waals surface area contributed by atoms with Crippen LogP contribution in [0.2, 0.25) is 0 Å². The van der Waals surface area contributed by atoms with E-state index >= 15 is 0 Å². The molecule has 0 saturated heterocycles. The van der Waals surface area contributed by atoms with Crippen LogP contribution in [-0.4, -0.2) is 18.1 Å². The lowest BCUT2D eigenvalue weighted by molar-refractivity contribution is -0.134. The number of rotatable bonds is 2. The first-order chi connectivity index (χ1) is 6.63. The summed E-state index contributed by atoms with van der Waals surface area (Å²) in [4.78, 5) is 14.7. The molecule has 1 heterocycles. The third kappa shape index (κ3) is 2.58. The molecule has 0 spiro atoms. The molecule has 1 aromatic rings. The number of pyridine rings is 1. The number of methoxy groups -OCH3 is 1. The van der Waals surface area contributed by atoms with Gasteiger partial charge in [0.2, 0.25) is 0 Å². The van der Waals surface area contributed by atoms with Gasteiger partial charge in [-0.2, -0.15) is 0 Å². The van der Waals surface area contributed by atoms with Crippen LogP contribution in [0.5, 0.6) is 0 Å². The monoisotopic (exact) mass is 192 g/mol. The Morgan fingerprint density at radius 1 is 1.64 bits per heavy atom. The molecule has 2 N–H and O–H groups in total. The zero-order valence-electron chi connectivity index (χ0n) is 8.15. The summed E-state index contributed by atoms with van der Waals surface area (Å²) in [5.74, 6) is 0.111. The fraction of sp³-hybridized carbons (Fsp3) is 0.200. The standard InChI is InChI=1S/C10H12N2O2/c1-7-5-8(6-12-10(7)11)3-4-9(13)14-2/h3-6H,1-2H3,(H2,11,12). The van der Waals surface area contributed by atoms with E-state index in [1.54, 1.807) is 12.3 Å². The lowest BCUT2D eigenvalue weighted by atomic mass is 10.2. The molecule has 0 amide bonds. The number of esters is 1. The summed E-state index contributed by atoms with van der Waals surface area (Å²) in [5, 5.41) is 0. The van der Waals surface area contributed by atoms with Gasteiger partial charge in [0.05, 0.1) is 7.11 Å². The third-order valence-corrected chi connectivity index (χ3v) is 1.75. The van der Waals surface area contributed by atoms with Gasteiger partial charge in [0, 0.05) is 12.3 Å². The summed E-state index contributed by atoms with van der Waals surface area (Å²) in [6.07, 6.45) is 4.57. The van der Waals surface area contributed by atoms with E-state index in [2.05, 4.69) is 9.72 Å². The Bertz CT molecular complexity index is 372. The molecule has 14 heavy (non-hydrogen) atoms. The van der Waals surface area contributed by atoms with Gasteiger partial charge in [0.15, 0.2) is 0 Å². The highest BCUT2D eigenvalue weighted by molar-refractivity contribution is 5.86. The Morgan fingerprint density at radius 3 is 2.93 bits per heavy atom. The fourth-order valence-electron chi connectivity index (χ4n) is 0.931. The number of carbonyl (C=O) groups is 1. The van der Waals surface area contributed by atoms with Crippen molar-refractivity contribution in [2.45, 2.75) is 6.92 Å². The smallest absolute Gasteiger partial charge is 0.330 e. The second kappa shape index (κ2) is 4.41. The van der Waals surface area contributed by atoms with Crippen molar-refractivity contribution >= 4 is 17.9 Å². The minimum Gasteiger partial charge on any atom is -0.466 e. The van der Waals surface area contributed by atoms with Crippen molar-refractivity contribution in [3.63, 3.8) is 0 Å². The summed E-state index contributed by atoms with van der Waals surface area (Å²) < 4.78 is 4.46. The molecule has 0 radical (unpaired) electrons. The van der Waals surface area contributed by atoms with Crippen LogP contribution < -0.4 is 5.73 Å². The molecule has 0 saturated carbocycles. The summed E-state index contributed by atoms with van der Waals surface area (Å²) in [7, 11) is 1.33. The maximum absolute atomic E-state index is 10.8. The van der Waals surface area contributed by atoms with Gasteiger partial charge < -0.3 is 10.5 Å². The molecule has 0 aliphatic rings. The molecule has 0 aliphatic carbocycles. The SMILES string of the molecule is COC(=O)C=Cc1cnc(N)c(C)c1. The van der Waals surface area contributed by atoms with E-state index in [1.165, 1.54) is 13.2 Å². The van der Waals surface area contributed by atoms with E-state index in [0.717, 1.165) is 11.1 Å². The molecule has 0 aliphatic heterocycles. The number of carbonyl (C=O) groups excluding carboxylic acids is 1. The first-order valence-electron chi connectivity index (χ1n) is 4.11. The Kier molecular flexibility index (Phi) is 3.23. The summed E-state index contributed by atoms with van der Waals surface area (Å²) >= 11 is 0. The van der Waals surface area contributed by atoms with Gasteiger partial charge in [-0.15, -0.1) is 0 Å². The van der Waals surface area contributed by atoms with Crippen molar-refractivity contribution in [2.75, 3.05) is 12.8 Å². The molecule has 0 aromatic carbocycles. The number of nitrogens with zero attached hydrogens (tertiary/aromatic N) is 1. The molecule has 1 rings (SSSR count). The maximum atomic E-state index is 10.8. The number of aromatic nitrogens is 1. The highest BCUT2D eigenvalue weighted by Gasteiger charge is 1.96. The van der Waals surface area contributed by atoms with Crippen LogP contribution in [0, 0.1) is 6.92 Å². The number of anilines is 1. The Hall–Kier alpha value is -1.84. The maximum Gasteiger partial charge on any atom is 0.330 e. The second-order valence-electron chi connectivity index (χ2n) is 2.83. The third-order valence-electron chi connectivity index (χ3n) is 1.75. The molecular weight excluding hydrogens is 180 g/mol. The van der Waals surface area contributed by atoms with Crippen molar-refractivity contribution in [3.8, 4) is 0 Å². The summed E-state index contributed by atoms with van der Waals surface area (Å²) in [5.41, 5.74) is 7.25. The normalized spacial score (nSPS) is 10.4. The molecule has 74 valence electrons. The summed E-state index contributed by atoms with van der Waals surface area (Å²) in [6, 6.07) is 1.85. The zero-order valence-corrected chi connectivity index (χ0v) is 8.15. The molecular formula is C10H12N2O2. The second-order valence-corrected chi connectivity index (χ2v) is 2.83. The lowest BCUT2D eigenvalue weighted by Gasteiger charge is -1.99. The molecule has 0 bridgehead atoms. The average Bonchev–Trinajstić information content (AvgIpc) is 2.19. The number of nitrogen functional groups attached to an aromatic ring is 1. The van der Waals surface area contributed by atoms with Crippen molar-refractivity contribution in [2.24, 2.45) is 0 Å². The Balaban J connectivity index is 2.83. The van der Waals surface area contributed by atoms with Gasteiger partial charge in [0.1, 0.15) is 5.82 Å². The van der Waals surface area contributed by atoms with E-state index < -0.39 is 0 Å². The van der Waals surface area contributed by atoms with Crippen LogP contribution in [0.1, 0.15) is 11.1 Å². The molecule has 0 unspecified atom stereocenters. The van der Waals surface area contributed by atoms with Gasteiger partial charge in [-0.05, 0) is 30.2 Å². The predicted molar refractivity (Wildman–Crippen MR) is 54.4 cm³/mol. The fourth-order valence-corrected chi connectivity index (χ4v) is 0.931. The Labute approximate surface area is 82.4 Å². The van der Waals surface area contributed by atoms with Crippen LogP contribution in [0.4, 0.5) is 5.82 Å². The molecule has 0 fully saturated rings. The average molecular weight is 192 g/mol. The van der Waals surface area contributed by atoms with E-state index in [1.807, 2.05) is 13.0 Å². The van der Waals surface area contributed by atoms with Crippen molar-refractivity contribution < 1.29 is 9.53 Å². The van der Waals surface area contributed by atoms with E-state index in [-0.39, 0.29) is 5.97 Å². The minimum atomic E-state index is -0.389. The number of ether oxygens (including phenoxy) is 1. The van der Waals surface area contributed by atoms with Gasteiger partial charge >= 0.3 is 5.97 Å². The van der Waals surface area contributed by atoms with Gasteiger partial charge in [-0.3, -0.25) is 0 Å². The topological polar surface area (TPSA) is 65.2 Å². The minimum absolute atomic E-state index is 0.389.